The minimum Gasteiger partial charge on any atom is -0.507 e. The number of aromatic nitrogens is 3. The number of aromatic hydroxyl groups is 1. The summed E-state index contributed by atoms with van der Waals surface area (Å²) in [7, 11) is -1.33. The predicted octanol–water partition coefficient (Wildman–Crippen LogP) is 11.9. The third-order valence-corrected chi connectivity index (χ3v) is 13.6. The fraction of sp³-hybridized carbons (Fsp3) is 0.333. The van der Waals surface area contributed by atoms with E-state index >= 15 is 0 Å². The highest BCUT2D eigenvalue weighted by molar-refractivity contribution is 6.77. The van der Waals surface area contributed by atoms with Gasteiger partial charge >= 0.3 is 0 Å². The molecule has 0 saturated heterocycles. The van der Waals surface area contributed by atoms with Gasteiger partial charge in [-0.3, -0.25) is 9.55 Å². The summed E-state index contributed by atoms with van der Waals surface area (Å²) in [6.07, 6.45) is 5.79. The molecule has 0 aliphatic heterocycles. The molecule has 6 aromatic rings. The van der Waals surface area contributed by atoms with E-state index in [1.807, 2.05) is 36.4 Å². The summed E-state index contributed by atoms with van der Waals surface area (Å²) in [5, 5.41) is 11.0. The Kier molecular flexibility index (Phi) is 8.84. The molecule has 5 heteroatoms. The predicted molar refractivity (Wildman–Crippen MR) is 213 cm³/mol. The number of benzene rings is 4. The first-order valence-corrected chi connectivity index (χ1v) is 21.8. The van der Waals surface area contributed by atoms with Crippen LogP contribution in [0.5, 0.6) is 5.75 Å². The van der Waals surface area contributed by atoms with E-state index in [0.717, 1.165) is 63.4 Å². The highest BCUT2D eigenvalue weighted by atomic mass is 28.3. The molecule has 0 fully saturated rings. The van der Waals surface area contributed by atoms with Crippen molar-refractivity contribution >= 4 is 19.1 Å². The number of pyridine rings is 1. The van der Waals surface area contributed by atoms with Crippen molar-refractivity contribution in [2.45, 2.75) is 84.5 Å². The van der Waals surface area contributed by atoms with Gasteiger partial charge in [0.05, 0.1) is 22.3 Å². The van der Waals surface area contributed by atoms with Crippen molar-refractivity contribution in [2.75, 3.05) is 0 Å². The first kappa shape index (κ1) is 34.0. The Morgan fingerprint density at radius 3 is 2.20 bits per heavy atom. The Hall–Kier alpha value is -4.48. The van der Waals surface area contributed by atoms with Gasteiger partial charge in [0, 0.05) is 31.1 Å². The Morgan fingerprint density at radius 2 is 1.50 bits per heavy atom. The molecule has 4 aromatic carbocycles. The number of para-hydroxylation sites is 3. The van der Waals surface area contributed by atoms with Crippen molar-refractivity contribution in [3.63, 3.8) is 0 Å². The summed E-state index contributed by atoms with van der Waals surface area (Å²) in [6, 6.07) is 33.6. The largest absolute Gasteiger partial charge is 0.507 e. The molecule has 50 heavy (non-hydrogen) atoms. The van der Waals surface area contributed by atoms with Crippen LogP contribution in [0.1, 0.15) is 57.7 Å². The SMILES string of the molecule is CC(C)CC1Cc2cc(-c3cc(-c4cccc5c4nc(-c4ccccc4O)n5-c4ccccc4)cc(C(C)(C)C)c3)ncc2CC1[Si](C)(C)C. The second-order valence-electron chi connectivity index (χ2n) is 17.0. The van der Waals surface area contributed by atoms with Crippen LogP contribution in [0.4, 0.5) is 0 Å². The normalized spacial score (nSPS) is 16.6. The average molecular weight is 678 g/mol. The molecule has 7 rings (SSSR count). The van der Waals surface area contributed by atoms with Crippen LogP contribution in [0, 0.1) is 11.8 Å². The molecular weight excluding hydrogens is 627 g/mol. The second-order valence-corrected chi connectivity index (χ2v) is 22.4. The molecule has 1 N–H and O–H groups in total. The standard InChI is InChI=1S/C45H51N3OSi/c1-29(2)21-33-22-30-26-39(46-28-34(30)27-42(33)50(6,7)8)32-23-31(24-35(25-32)45(3,4)5)37-18-14-19-40-43(37)47-44(38-17-12-13-20-41(38)49)48(40)36-15-10-9-11-16-36/h9-20,23-26,28-29,33,42,49H,21-22,27H2,1-8H3. The van der Waals surface area contributed by atoms with Crippen LogP contribution in [0.15, 0.2) is 103 Å². The number of rotatable bonds is 7. The first-order chi connectivity index (χ1) is 23.8. The number of nitrogens with zero attached hydrogens (tertiary/aromatic N) is 3. The van der Waals surface area contributed by atoms with Crippen LogP contribution < -0.4 is 0 Å². The summed E-state index contributed by atoms with van der Waals surface area (Å²) in [5.41, 5.74) is 12.9. The molecule has 0 saturated carbocycles. The third kappa shape index (κ3) is 6.56. The number of fused-ring (bicyclic) bond motifs is 2. The van der Waals surface area contributed by atoms with E-state index in [-0.39, 0.29) is 11.2 Å². The molecule has 0 spiro atoms. The van der Waals surface area contributed by atoms with Crippen LogP contribution >= 0.6 is 0 Å². The van der Waals surface area contributed by atoms with Crippen LogP contribution in [-0.2, 0) is 18.3 Å². The molecule has 2 unspecified atom stereocenters. The quantitative estimate of drug-likeness (QED) is 0.171. The van der Waals surface area contributed by atoms with Crippen molar-refractivity contribution in [3.05, 3.63) is 120 Å². The molecule has 1 aliphatic carbocycles. The summed E-state index contributed by atoms with van der Waals surface area (Å²) >= 11 is 0. The van der Waals surface area contributed by atoms with Gasteiger partial charge in [-0.1, -0.05) is 103 Å². The zero-order valence-corrected chi connectivity index (χ0v) is 32.0. The number of phenols is 1. The number of hydrogen-bond donors (Lipinski definition) is 1. The third-order valence-electron chi connectivity index (χ3n) is 10.7. The van der Waals surface area contributed by atoms with Gasteiger partial charge in [-0.25, -0.2) is 4.98 Å². The zero-order valence-electron chi connectivity index (χ0n) is 31.0. The lowest BCUT2D eigenvalue weighted by atomic mass is 9.79. The minimum absolute atomic E-state index is 0.0653. The van der Waals surface area contributed by atoms with Gasteiger partial charge in [-0.05, 0) is 113 Å². The lowest BCUT2D eigenvalue weighted by Crippen LogP contribution is -2.38. The first-order valence-electron chi connectivity index (χ1n) is 18.3. The molecule has 1 aliphatic rings. The van der Waals surface area contributed by atoms with E-state index in [4.69, 9.17) is 9.97 Å². The number of imidazole rings is 1. The van der Waals surface area contributed by atoms with Crippen molar-refractivity contribution in [3.8, 4) is 45.2 Å². The molecule has 0 radical (unpaired) electrons. The highest BCUT2D eigenvalue weighted by Gasteiger charge is 2.38. The van der Waals surface area contributed by atoms with E-state index in [9.17, 15) is 5.11 Å². The second kappa shape index (κ2) is 13.0. The Morgan fingerprint density at radius 1 is 0.800 bits per heavy atom. The van der Waals surface area contributed by atoms with E-state index in [0.29, 0.717) is 17.3 Å². The van der Waals surface area contributed by atoms with Gasteiger partial charge in [0.1, 0.15) is 11.6 Å². The summed E-state index contributed by atoms with van der Waals surface area (Å²) in [6.45, 7) is 19.2. The van der Waals surface area contributed by atoms with Gasteiger partial charge in [-0.15, -0.1) is 0 Å². The molecule has 256 valence electrons. The molecule has 0 bridgehead atoms. The lowest BCUT2D eigenvalue weighted by molar-refractivity contribution is 0.362. The average Bonchev–Trinajstić information content (AvgIpc) is 3.46. The van der Waals surface area contributed by atoms with Gasteiger partial charge in [0.25, 0.3) is 0 Å². The summed E-state index contributed by atoms with van der Waals surface area (Å²) < 4.78 is 2.16. The molecular formula is C45H51N3OSi. The van der Waals surface area contributed by atoms with Crippen LogP contribution in [0.25, 0.3) is 50.5 Å². The summed E-state index contributed by atoms with van der Waals surface area (Å²) in [4.78, 5) is 10.5. The van der Waals surface area contributed by atoms with E-state index in [1.165, 1.54) is 23.1 Å². The van der Waals surface area contributed by atoms with Crippen molar-refractivity contribution in [1.29, 1.82) is 0 Å². The molecule has 2 atom stereocenters. The Balaban J connectivity index is 1.39. The number of hydrogen-bond acceptors (Lipinski definition) is 3. The van der Waals surface area contributed by atoms with Crippen molar-refractivity contribution in [2.24, 2.45) is 11.8 Å². The maximum absolute atomic E-state index is 11.0. The molecule has 4 nitrogen and oxygen atoms in total. The van der Waals surface area contributed by atoms with Gasteiger partial charge in [0.2, 0.25) is 0 Å². The smallest absolute Gasteiger partial charge is 0.149 e. The molecule has 2 heterocycles. The van der Waals surface area contributed by atoms with Crippen LogP contribution in [-0.4, -0.2) is 27.7 Å². The van der Waals surface area contributed by atoms with Crippen LogP contribution in [0.3, 0.4) is 0 Å². The van der Waals surface area contributed by atoms with Gasteiger partial charge < -0.3 is 5.11 Å². The van der Waals surface area contributed by atoms with Gasteiger partial charge in [0.15, 0.2) is 0 Å². The highest BCUT2D eigenvalue weighted by Crippen LogP contribution is 2.45. The van der Waals surface area contributed by atoms with E-state index < -0.39 is 8.07 Å². The summed E-state index contributed by atoms with van der Waals surface area (Å²) in [5.74, 6) is 2.36. The lowest BCUT2D eigenvalue weighted by Gasteiger charge is -2.41. The Bertz CT molecular complexity index is 2170. The number of phenolic OH excluding ortho intramolecular Hbond substituents is 1. The van der Waals surface area contributed by atoms with Crippen molar-refractivity contribution < 1.29 is 5.11 Å². The van der Waals surface area contributed by atoms with E-state index in [2.05, 4.69) is 120 Å². The van der Waals surface area contributed by atoms with E-state index in [1.54, 1.807) is 6.07 Å². The molecule has 0 amide bonds. The molecule has 2 aromatic heterocycles. The monoisotopic (exact) mass is 677 g/mol. The maximum atomic E-state index is 11.0. The van der Waals surface area contributed by atoms with Gasteiger partial charge in [-0.2, -0.15) is 0 Å². The maximum Gasteiger partial charge on any atom is 0.149 e. The fourth-order valence-electron chi connectivity index (χ4n) is 8.13. The fourth-order valence-corrected chi connectivity index (χ4v) is 10.6. The minimum atomic E-state index is -1.33. The zero-order chi connectivity index (χ0) is 35.4. The Labute approximate surface area is 299 Å². The van der Waals surface area contributed by atoms with Crippen molar-refractivity contribution in [1.82, 2.24) is 14.5 Å². The van der Waals surface area contributed by atoms with Crippen LogP contribution in [0.2, 0.25) is 25.2 Å². The topological polar surface area (TPSA) is 50.9 Å².